The molecule has 0 atom stereocenters. The second-order valence-electron chi connectivity index (χ2n) is 5.49. The number of rotatable bonds is 8. The normalized spacial score (nSPS) is 14.2. The monoisotopic (exact) mass is 336 g/mol. The Morgan fingerprint density at radius 3 is 3.09 bits per heavy atom. The van der Waals surface area contributed by atoms with Crippen molar-refractivity contribution in [2.45, 2.75) is 50.4 Å². The molecule has 1 N–H and O–H groups in total. The van der Waals surface area contributed by atoms with Gasteiger partial charge in [0.15, 0.2) is 0 Å². The SMILES string of the molecule is CCCc1nc(SCC(=O)N(Cc2ccsc2)C2CC2)n[nH]1. The predicted molar refractivity (Wildman–Crippen MR) is 89.0 cm³/mol. The van der Waals surface area contributed by atoms with E-state index in [-0.39, 0.29) is 5.91 Å². The first-order valence-corrected chi connectivity index (χ1v) is 9.53. The fraction of sp³-hybridized carbons (Fsp3) is 0.533. The van der Waals surface area contributed by atoms with Gasteiger partial charge in [0.05, 0.1) is 5.75 Å². The van der Waals surface area contributed by atoms with Crippen molar-refractivity contribution in [1.29, 1.82) is 0 Å². The van der Waals surface area contributed by atoms with Gasteiger partial charge in [-0.3, -0.25) is 9.89 Å². The van der Waals surface area contributed by atoms with Crippen LogP contribution in [0.25, 0.3) is 0 Å². The maximum absolute atomic E-state index is 12.5. The molecule has 0 spiro atoms. The highest BCUT2D eigenvalue weighted by Gasteiger charge is 2.32. The molecule has 2 aromatic heterocycles. The Bertz CT molecular complexity index is 607. The first-order valence-electron chi connectivity index (χ1n) is 7.61. The molecule has 1 saturated carbocycles. The van der Waals surface area contributed by atoms with Crippen LogP contribution in [0.2, 0.25) is 0 Å². The third-order valence-corrected chi connectivity index (χ3v) is 5.13. The van der Waals surface area contributed by atoms with E-state index < -0.39 is 0 Å². The van der Waals surface area contributed by atoms with Crippen molar-refractivity contribution in [2.75, 3.05) is 5.75 Å². The molecule has 118 valence electrons. The lowest BCUT2D eigenvalue weighted by molar-refractivity contribution is -0.129. The molecule has 1 aliphatic rings. The second-order valence-corrected chi connectivity index (χ2v) is 7.21. The summed E-state index contributed by atoms with van der Waals surface area (Å²) >= 11 is 3.09. The van der Waals surface area contributed by atoms with Crippen LogP contribution in [0.3, 0.4) is 0 Å². The zero-order valence-electron chi connectivity index (χ0n) is 12.6. The van der Waals surface area contributed by atoms with Gasteiger partial charge in [-0.2, -0.15) is 11.3 Å². The van der Waals surface area contributed by atoms with E-state index in [0.717, 1.165) is 38.1 Å². The molecule has 5 nitrogen and oxygen atoms in total. The van der Waals surface area contributed by atoms with Crippen LogP contribution >= 0.6 is 23.1 Å². The van der Waals surface area contributed by atoms with Crippen LogP contribution in [0.15, 0.2) is 22.0 Å². The summed E-state index contributed by atoms with van der Waals surface area (Å²) in [6.45, 7) is 2.83. The van der Waals surface area contributed by atoms with Gasteiger partial charge in [-0.05, 0) is 41.7 Å². The Kier molecular flexibility index (Phi) is 5.15. The minimum Gasteiger partial charge on any atom is -0.335 e. The Morgan fingerprint density at radius 1 is 1.55 bits per heavy atom. The van der Waals surface area contributed by atoms with Crippen LogP contribution in [0.1, 0.15) is 37.6 Å². The molecule has 0 unspecified atom stereocenters. The fourth-order valence-electron chi connectivity index (χ4n) is 2.29. The Hall–Kier alpha value is -1.34. The summed E-state index contributed by atoms with van der Waals surface area (Å²) in [6, 6.07) is 2.52. The van der Waals surface area contributed by atoms with Gasteiger partial charge in [0.25, 0.3) is 0 Å². The minimum absolute atomic E-state index is 0.181. The molecule has 22 heavy (non-hydrogen) atoms. The molecular weight excluding hydrogens is 316 g/mol. The quantitative estimate of drug-likeness (QED) is 0.753. The van der Waals surface area contributed by atoms with Crippen LogP contribution in [-0.2, 0) is 17.8 Å². The summed E-state index contributed by atoms with van der Waals surface area (Å²) in [5, 5.41) is 11.9. The van der Waals surface area contributed by atoms with Crippen LogP contribution in [-0.4, -0.2) is 37.8 Å². The predicted octanol–water partition coefficient (Wildman–Crippen LogP) is 3.10. The van der Waals surface area contributed by atoms with E-state index in [0.29, 0.717) is 17.0 Å². The van der Waals surface area contributed by atoms with E-state index >= 15 is 0 Å². The molecule has 2 heterocycles. The third-order valence-electron chi connectivity index (χ3n) is 3.56. The number of amides is 1. The number of thioether (sulfide) groups is 1. The summed E-state index contributed by atoms with van der Waals surface area (Å²) in [5.41, 5.74) is 1.22. The molecule has 0 radical (unpaired) electrons. The van der Waals surface area contributed by atoms with Gasteiger partial charge in [0.1, 0.15) is 5.82 Å². The van der Waals surface area contributed by atoms with Crippen LogP contribution < -0.4 is 0 Å². The lowest BCUT2D eigenvalue weighted by Crippen LogP contribution is -2.33. The molecule has 0 aromatic carbocycles. The number of aromatic nitrogens is 3. The first-order chi connectivity index (χ1) is 10.8. The molecule has 1 fully saturated rings. The van der Waals surface area contributed by atoms with Crippen molar-refractivity contribution in [3.8, 4) is 0 Å². The van der Waals surface area contributed by atoms with E-state index in [1.807, 2.05) is 4.90 Å². The largest absolute Gasteiger partial charge is 0.335 e. The summed E-state index contributed by atoms with van der Waals surface area (Å²) in [4.78, 5) is 18.9. The number of H-pyrrole nitrogens is 1. The van der Waals surface area contributed by atoms with Crippen molar-refractivity contribution in [3.63, 3.8) is 0 Å². The third kappa shape index (κ3) is 4.10. The van der Waals surface area contributed by atoms with Gasteiger partial charge in [-0.1, -0.05) is 18.7 Å². The van der Waals surface area contributed by atoms with Gasteiger partial charge in [0.2, 0.25) is 11.1 Å². The van der Waals surface area contributed by atoms with Gasteiger partial charge in [-0.25, -0.2) is 4.98 Å². The van der Waals surface area contributed by atoms with Gasteiger partial charge in [-0.15, -0.1) is 5.10 Å². The zero-order valence-corrected chi connectivity index (χ0v) is 14.3. The number of thiophene rings is 1. The fourth-order valence-corrected chi connectivity index (χ4v) is 3.65. The number of carbonyl (C=O) groups is 1. The highest BCUT2D eigenvalue weighted by atomic mass is 32.2. The second kappa shape index (κ2) is 7.28. The van der Waals surface area contributed by atoms with Crippen molar-refractivity contribution in [2.24, 2.45) is 0 Å². The molecule has 7 heteroatoms. The molecule has 0 saturated heterocycles. The van der Waals surface area contributed by atoms with Crippen molar-refractivity contribution in [3.05, 3.63) is 28.2 Å². The zero-order chi connectivity index (χ0) is 15.4. The van der Waals surface area contributed by atoms with E-state index in [4.69, 9.17) is 0 Å². The molecule has 1 aliphatic carbocycles. The molecule has 0 aliphatic heterocycles. The van der Waals surface area contributed by atoms with Crippen LogP contribution in [0.5, 0.6) is 0 Å². The van der Waals surface area contributed by atoms with Crippen molar-refractivity contribution in [1.82, 2.24) is 20.1 Å². The Labute approximate surface area is 138 Å². The van der Waals surface area contributed by atoms with Crippen LogP contribution in [0, 0.1) is 0 Å². The average Bonchev–Trinajstić information content (AvgIpc) is 3.04. The number of nitrogens with one attached hydrogen (secondary N) is 1. The van der Waals surface area contributed by atoms with E-state index in [1.54, 1.807) is 11.3 Å². The molecule has 0 bridgehead atoms. The topological polar surface area (TPSA) is 61.9 Å². The van der Waals surface area contributed by atoms with E-state index in [2.05, 4.69) is 38.9 Å². The number of hydrogen-bond donors (Lipinski definition) is 1. The smallest absolute Gasteiger partial charge is 0.233 e. The highest BCUT2D eigenvalue weighted by Crippen LogP contribution is 2.29. The Balaban J connectivity index is 1.54. The van der Waals surface area contributed by atoms with Gasteiger partial charge < -0.3 is 4.90 Å². The summed E-state index contributed by atoms with van der Waals surface area (Å²) in [5.74, 6) is 1.49. The van der Waals surface area contributed by atoms with Crippen LogP contribution in [0.4, 0.5) is 0 Å². The van der Waals surface area contributed by atoms with Crippen molar-refractivity contribution >= 4 is 29.0 Å². The number of carbonyl (C=O) groups excluding carboxylic acids is 1. The number of aryl methyl sites for hydroxylation is 1. The minimum atomic E-state index is 0.181. The number of hydrogen-bond acceptors (Lipinski definition) is 5. The summed E-state index contributed by atoms with van der Waals surface area (Å²) < 4.78 is 0. The summed E-state index contributed by atoms with van der Waals surface area (Å²) in [6.07, 6.45) is 4.19. The number of aromatic amines is 1. The van der Waals surface area contributed by atoms with Gasteiger partial charge >= 0.3 is 0 Å². The first kappa shape index (κ1) is 15.6. The lowest BCUT2D eigenvalue weighted by Gasteiger charge is -2.21. The Morgan fingerprint density at radius 2 is 2.41 bits per heavy atom. The highest BCUT2D eigenvalue weighted by molar-refractivity contribution is 7.99. The summed E-state index contributed by atoms with van der Waals surface area (Å²) in [7, 11) is 0. The number of nitrogens with zero attached hydrogens (tertiary/aromatic N) is 3. The standard InChI is InChI=1S/C15H20N4OS2/c1-2-3-13-16-15(18-17-13)22-10-14(20)19(12-4-5-12)8-11-6-7-21-9-11/h6-7,9,12H,2-5,8,10H2,1H3,(H,16,17,18). The maximum Gasteiger partial charge on any atom is 0.233 e. The average molecular weight is 336 g/mol. The van der Waals surface area contributed by atoms with E-state index in [1.165, 1.54) is 17.3 Å². The lowest BCUT2D eigenvalue weighted by atomic mass is 10.3. The molecule has 2 aromatic rings. The molecule has 3 rings (SSSR count). The van der Waals surface area contributed by atoms with Gasteiger partial charge in [0, 0.05) is 19.0 Å². The molecular formula is C15H20N4OS2. The maximum atomic E-state index is 12.5. The van der Waals surface area contributed by atoms with E-state index in [9.17, 15) is 4.79 Å². The van der Waals surface area contributed by atoms with Crippen molar-refractivity contribution < 1.29 is 4.79 Å². The molecule has 1 amide bonds.